The number of benzene rings is 1. The van der Waals surface area contributed by atoms with Gasteiger partial charge in [0.05, 0.1) is 6.61 Å². The van der Waals surface area contributed by atoms with Gasteiger partial charge in [0.1, 0.15) is 5.75 Å². The van der Waals surface area contributed by atoms with E-state index in [1.165, 1.54) is 31.4 Å². The molecule has 0 aromatic heterocycles. The fourth-order valence-corrected chi connectivity index (χ4v) is 2.74. The minimum atomic E-state index is 0.576. The van der Waals surface area contributed by atoms with Crippen LogP contribution in [-0.2, 0) is 0 Å². The Morgan fingerprint density at radius 3 is 2.95 bits per heavy atom. The van der Waals surface area contributed by atoms with E-state index < -0.39 is 0 Å². The molecule has 106 valence electrons. The van der Waals surface area contributed by atoms with Gasteiger partial charge in [0.25, 0.3) is 0 Å². The highest BCUT2D eigenvalue weighted by molar-refractivity contribution is 5.35. The Morgan fingerprint density at radius 1 is 1.37 bits per heavy atom. The first-order chi connectivity index (χ1) is 9.31. The van der Waals surface area contributed by atoms with Crippen LogP contribution in [0.3, 0.4) is 0 Å². The van der Waals surface area contributed by atoms with Gasteiger partial charge < -0.3 is 10.1 Å². The molecule has 2 atom stereocenters. The first kappa shape index (κ1) is 14.4. The third kappa shape index (κ3) is 4.24. The first-order valence-electron chi connectivity index (χ1n) is 7.73. The van der Waals surface area contributed by atoms with Gasteiger partial charge in [-0.1, -0.05) is 32.0 Å². The summed E-state index contributed by atoms with van der Waals surface area (Å²) in [6, 6.07) is 8.50. The summed E-state index contributed by atoms with van der Waals surface area (Å²) in [6.07, 6.45) is 4.99. The number of ether oxygens (including phenoxy) is 1. The van der Waals surface area contributed by atoms with Gasteiger partial charge in [0, 0.05) is 0 Å². The van der Waals surface area contributed by atoms with Crippen LogP contribution in [-0.4, -0.2) is 19.7 Å². The lowest BCUT2D eigenvalue weighted by Crippen LogP contribution is -2.30. The predicted octanol–water partition coefficient (Wildman–Crippen LogP) is 3.97. The van der Waals surface area contributed by atoms with Gasteiger partial charge in [-0.2, -0.15) is 0 Å². The van der Waals surface area contributed by atoms with E-state index in [1.54, 1.807) is 0 Å². The fraction of sp³-hybridized carbons (Fsp3) is 0.647. The maximum atomic E-state index is 6.04. The summed E-state index contributed by atoms with van der Waals surface area (Å²) in [5, 5.41) is 3.47. The van der Waals surface area contributed by atoms with Crippen molar-refractivity contribution < 1.29 is 4.74 Å². The molecule has 2 rings (SSSR count). The third-order valence-electron chi connectivity index (χ3n) is 4.24. The van der Waals surface area contributed by atoms with Crippen molar-refractivity contribution in [2.45, 2.75) is 45.4 Å². The molecule has 0 amide bonds. The molecule has 1 aromatic rings. The molecule has 1 aliphatic heterocycles. The van der Waals surface area contributed by atoms with Crippen LogP contribution in [0.1, 0.15) is 51.0 Å². The molecule has 0 spiro atoms. The number of nitrogens with one attached hydrogen (secondary N) is 1. The van der Waals surface area contributed by atoms with Crippen molar-refractivity contribution in [1.82, 2.24) is 5.32 Å². The fourth-order valence-electron chi connectivity index (χ4n) is 2.74. The average molecular weight is 261 g/mol. The lowest BCUT2D eigenvalue weighted by atomic mass is 9.96. The van der Waals surface area contributed by atoms with Crippen LogP contribution in [0.5, 0.6) is 5.75 Å². The van der Waals surface area contributed by atoms with Crippen molar-refractivity contribution >= 4 is 0 Å². The summed E-state index contributed by atoms with van der Waals surface area (Å²) in [4.78, 5) is 0. The summed E-state index contributed by atoms with van der Waals surface area (Å²) in [6.45, 7) is 7.70. The minimum absolute atomic E-state index is 0.576. The van der Waals surface area contributed by atoms with Gasteiger partial charge in [-0.3, -0.25) is 0 Å². The Morgan fingerprint density at radius 2 is 2.21 bits per heavy atom. The van der Waals surface area contributed by atoms with E-state index in [9.17, 15) is 0 Å². The maximum Gasteiger partial charge on any atom is 0.122 e. The number of hydrogen-bond acceptors (Lipinski definition) is 2. The van der Waals surface area contributed by atoms with Gasteiger partial charge >= 0.3 is 0 Å². The molecule has 0 unspecified atom stereocenters. The molecule has 2 nitrogen and oxygen atoms in total. The highest BCUT2D eigenvalue weighted by atomic mass is 16.5. The molecule has 0 bridgehead atoms. The largest absolute Gasteiger partial charge is 0.493 e. The second-order valence-electron chi connectivity index (χ2n) is 5.70. The number of para-hydroxylation sites is 1. The van der Waals surface area contributed by atoms with Crippen molar-refractivity contribution in [3.05, 3.63) is 29.8 Å². The number of rotatable bonds is 6. The van der Waals surface area contributed by atoms with E-state index >= 15 is 0 Å². The Labute approximate surface area is 117 Å². The van der Waals surface area contributed by atoms with Gasteiger partial charge in [-0.15, -0.1) is 0 Å². The Hall–Kier alpha value is -1.02. The molecule has 1 fully saturated rings. The van der Waals surface area contributed by atoms with Gasteiger partial charge in [-0.05, 0) is 62.2 Å². The molecule has 0 saturated carbocycles. The second-order valence-corrected chi connectivity index (χ2v) is 5.70. The molecule has 1 aliphatic rings. The number of hydrogen-bond donors (Lipinski definition) is 1. The summed E-state index contributed by atoms with van der Waals surface area (Å²) in [5.41, 5.74) is 1.35. The molecule has 19 heavy (non-hydrogen) atoms. The summed E-state index contributed by atoms with van der Waals surface area (Å²) in [7, 11) is 0. The van der Waals surface area contributed by atoms with Crippen molar-refractivity contribution in [3.63, 3.8) is 0 Å². The second kappa shape index (κ2) is 7.54. The van der Waals surface area contributed by atoms with E-state index in [2.05, 4.69) is 43.4 Å². The molecule has 1 aromatic carbocycles. The molecule has 0 radical (unpaired) electrons. The normalized spacial score (nSPS) is 21.1. The molecule has 1 N–H and O–H groups in total. The standard InChI is InChI=1S/C17H27NO/c1-3-14(2)16-8-4-5-9-17(16)19-12-10-15-7-6-11-18-13-15/h4-5,8-9,14-15,18H,3,6-7,10-13H2,1-2H3/t14-,15-/m1/s1. The Bertz CT molecular complexity index is 371. The highest BCUT2D eigenvalue weighted by Crippen LogP contribution is 2.28. The molecular weight excluding hydrogens is 234 g/mol. The van der Waals surface area contributed by atoms with Gasteiger partial charge in [-0.25, -0.2) is 0 Å². The summed E-state index contributed by atoms with van der Waals surface area (Å²) < 4.78 is 6.04. The maximum absolute atomic E-state index is 6.04. The van der Waals surface area contributed by atoms with E-state index in [0.717, 1.165) is 31.2 Å². The van der Waals surface area contributed by atoms with Crippen LogP contribution in [0.2, 0.25) is 0 Å². The Balaban J connectivity index is 1.84. The highest BCUT2D eigenvalue weighted by Gasteiger charge is 2.14. The molecule has 0 aliphatic carbocycles. The zero-order valence-electron chi connectivity index (χ0n) is 12.3. The zero-order chi connectivity index (χ0) is 13.5. The molecule has 2 heteroatoms. The Kier molecular flexibility index (Phi) is 5.71. The van der Waals surface area contributed by atoms with Crippen LogP contribution >= 0.6 is 0 Å². The third-order valence-corrected chi connectivity index (χ3v) is 4.24. The van der Waals surface area contributed by atoms with Gasteiger partial charge in [0.15, 0.2) is 0 Å². The lowest BCUT2D eigenvalue weighted by Gasteiger charge is -2.23. The average Bonchev–Trinajstić information content (AvgIpc) is 2.48. The summed E-state index contributed by atoms with van der Waals surface area (Å²) >= 11 is 0. The monoisotopic (exact) mass is 261 g/mol. The van der Waals surface area contributed by atoms with E-state index in [4.69, 9.17) is 4.74 Å². The molecular formula is C17H27NO. The minimum Gasteiger partial charge on any atom is -0.493 e. The smallest absolute Gasteiger partial charge is 0.122 e. The van der Waals surface area contributed by atoms with E-state index in [1.807, 2.05) is 0 Å². The van der Waals surface area contributed by atoms with Crippen molar-refractivity contribution in [2.75, 3.05) is 19.7 Å². The van der Waals surface area contributed by atoms with E-state index in [0.29, 0.717) is 5.92 Å². The first-order valence-corrected chi connectivity index (χ1v) is 7.73. The topological polar surface area (TPSA) is 21.3 Å². The molecule has 1 heterocycles. The van der Waals surface area contributed by atoms with Crippen LogP contribution < -0.4 is 10.1 Å². The predicted molar refractivity (Wildman–Crippen MR) is 80.9 cm³/mol. The van der Waals surface area contributed by atoms with E-state index in [-0.39, 0.29) is 0 Å². The van der Waals surface area contributed by atoms with Crippen LogP contribution in [0.15, 0.2) is 24.3 Å². The van der Waals surface area contributed by atoms with Crippen molar-refractivity contribution in [1.29, 1.82) is 0 Å². The SMILES string of the molecule is CC[C@@H](C)c1ccccc1OCC[C@H]1CCCNC1. The quantitative estimate of drug-likeness (QED) is 0.836. The van der Waals surface area contributed by atoms with Crippen molar-refractivity contribution in [3.8, 4) is 5.75 Å². The zero-order valence-corrected chi connectivity index (χ0v) is 12.3. The van der Waals surface area contributed by atoms with Crippen LogP contribution in [0.4, 0.5) is 0 Å². The van der Waals surface area contributed by atoms with Gasteiger partial charge in [0.2, 0.25) is 0 Å². The summed E-state index contributed by atoms with van der Waals surface area (Å²) in [5.74, 6) is 2.46. The number of piperidine rings is 1. The van der Waals surface area contributed by atoms with Crippen LogP contribution in [0.25, 0.3) is 0 Å². The van der Waals surface area contributed by atoms with Crippen LogP contribution in [0, 0.1) is 5.92 Å². The molecule has 1 saturated heterocycles. The van der Waals surface area contributed by atoms with Crippen molar-refractivity contribution in [2.24, 2.45) is 5.92 Å². The lowest BCUT2D eigenvalue weighted by molar-refractivity contribution is 0.251.